The Labute approximate surface area is 163 Å². The molecule has 0 aliphatic carbocycles. The van der Waals surface area contributed by atoms with Gasteiger partial charge in [0.2, 0.25) is 26.0 Å². The number of likely N-dealkylation sites (tertiary alicyclic amines) is 1. The van der Waals surface area contributed by atoms with Crippen molar-refractivity contribution >= 4 is 26.0 Å². The minimum atomic E-state index is -3.39. The number of carbonyl (C=O) groups excluding carboxylic acids is 1. The summed E-state index contributed by atoms with van der Waals surface area (Å²) in [5.41, 5.74) is 5.32. The van der Waals surface area contributed by atoms with E-state index in [1.54, 1.807) is 13.8 Å². The molecule has 2 N–H and O–H groups in total. The molecule has 0 aromatic heterocycles. The number of amides is 1. The van der Waals surface area contributed by atoms with Gasteiger partial charge in [0.05, 0.1) is 11.0 Å². The summed E-state index contributed by atoms with van der Waals surface area (Å²) in [6.07, 6.45) is 1.98. The van der Waals surface area contributed by atoms with Gasteiger partial charge in [-0.2, -0.15) is 8.61 Å². The number of nitrogens with two attached hydrogens (primary N) is 1. The van der Waals surface area contributed by atoms with E-state index in [-0.39, 0.29) is 43.8 Å². The minimum absolute atomic E-state index is 0.0552. The molecule has 0 unspecified atom stereocenters. The van der Waals surface area contributed by atoms with Gasteiger partial charge < -0.3 is 10.6 Å². The van der Waals surface area contributed by atoms with Gasteiger partial charge in [-0.25, -0.2) is 16.8 Å². The summed E-state index contributed by atoms with van der Waals surface area (Å²) < 4.78 is 52.2. The molecule has 0 atom stereocenters. The molecule has 0 aromatic rings. The van der Waals surface area contributed by atoms with Crippen molar-refractivity contribution in [2.45, 2.75) is 38.4 Å². The highest BCUT2D eigenvalue weighted by Gasteiger charge is 2.33. The number of carbonyl (C=O) groups is 1. The molecule has 9 nitrogen and oxygen atoms in total. The Bertz CT molecular complexity index is 707. The summed E-state index contributed by atoms with van der Waals surface area (Å²) in [5, 5.41) is -0.501. The molecular weight excluding hydrogens is 392 g/mol. The molecule has 158 valence electrons. The van der Waals surface area contributed by atoms with Crippen molar-refractivity contribution in [1.82, 2.24) is 13.5 Å². The molecule has 11 heteroatoms. The number of rotatable bonds is 8. The molecule has 2 saturated heterocycles. The SMILES string of the molecule is CC(C)S(=O)(=O)N1CCN(S(=O)(=O)CCCN2CCC(C(N)=O)CC2)CC1. The van der Waals surface area contributed by atoms with Gasteiger partial charge in [-0.05, 0) is 52.7 Å². The van der Waals surface area contributed by atoms with Crippen LogP contribution in [-0.2, 0) is 24.8 Å². The van der Waals surface area contributed by atoms with Gasteiger partial charge in [0.25, 0.3) is 0 Å². The molecule has 2 aliphatic rings. The molecule has 0 bridgehead atoms. The van der Waals surface area contributed by atoms with E-state index in [1.807, 2.05) is 0 Å². The van der Waals surface area contributed by atoms with Crippen LogP contribution in [0.2, 0.25) is 0 Å². The number of piperazine rings is 1. The Morgan fingerprint density at radius 1 is 0.963 bits per heavy atom. The van der Waals surface area contributed by atoms with E-state index in [4.69, 9.17) is 5.73 Å². The average Bonchev–Trinajstić information content (AvgIpc) is 2.62. The lowest BCUT2D eigenvalue weighted by molar-refractivity contribution is -0.123. The van der Waals surface area contributed by atoms with E-state index in [2.05, 4.69) is 4.90 Å². The van der Waals surface area contributed by atoms with Gasteiger partial charge in [-0.15, -0.1) is 0 Å². The number of piperidine rings is 1. The number of nitrogens with zero attached hydrogens (tertiary/aromatic N) is 3. The van der Waals surface area contributed by atoms with E-state index >= 15 is 0 Å². The van der Waals surface area contributed by atoms with Crippen LogP contribution < -0.4 is 5.73 Å². The fraction of sp³-hybridized carbons (Fsp3) is 0.938. The Hall–Kier alpha value is -0.750. The van der Waals surface area contributed by atoms with Crippen LogP contribution in [0.25, 0.3) is 0 Å². The lowest BCUT2D eigenvalue weighted by atomic mass is 9.96. The van der Waals surface area contributed by atoms with Gasteiger partial charge in [-0.3, -0.25) is 4.79 Å². The first-order valence-corrected chi connectivity index (χ1v) is 12.6. The van der Waals surface area contributed by atoms with Crippen LogP contribution >= 0.6 is 0 Å². The lowest BCUT2D eigenvalue weighted by Crippen LogP contribution is -2.52. The van der Waals surface area contributed by atoms with Crippen LogP contribution in [0.5, 0.6) is 0 Å². The van der Waals surface area contributed by atoms with Crippen LogP contribution in [0.1, 0.15) is 33.1 Å². The van der Waals surface area contributed by atoms with Crippen molar-refractivity contribution in [2.24, 2.45) is 11.7 Å². The Kier molecular flexibility index (Phi) is 7.65. The summed E-state index contributed by atoms with van der Waals surface area (Å²) >= 11 is 0. The molecule has 2 rings (SSSR count). The second-order valence-electron chi connectivity index (χ2n) is 7.58. The van der Waals surface area contributed by atoms with Gasteiger partial charge in [0.15, 0.2) is 0 Å². The van der Waals surface area contributed by atoms with Gasteiger partial charge in [0.1, 0.15) is 0 Å². The average molecular weight is 425 g/mol. The number of hydrogen-bond donors (Lipinski definition) is 1. The topological polar surface area (TPSA) is 121 Å². The molecule has 0 radical (unpaired) electrons. The largest absolute Gasteiger partial charge is 0.369 e. The molecule has 2 aliphatic heterocycles. The van der Waals surface area contributed by atoms with Crippen molar-refractivity contribution in [1.29, 1.82) is 0 Å². The monoisotopic (exact) mass is 424 g/mol. The fourth-order valence-electron chi connectivity index (χ4n) is 3.54. The van der Waals surface area contributed by atoms with Crippen LogP contribution in [0, 0.1) is 5.92 Å². The van der Waals surface area contributed by atoms with E-state index in [0.717, 1.165) is 25.9 Å². The second-order valence-corrected chi connectivity index (χ2v) is 12.2. The Morgan fingerprint density at radius 2 is 1.48 bits per heavy atom. The van der Waals surface area contributed by atoms with E-state index in [1.165, 1.54) is 8.61 Å². The van der Waals surface area contributed by atoms with Crippen molar-refractivity contribution in [2.75, 3.05) is 51.6 Å². The minimum Gasteiger partial charge on any atom is -0.369 e. The first-order valence-electron chi connectivity index (χ1n) is 9.52. The number of hydrogen-bond acceptors (Lipinski definition) is 6. The van der Waals surface area contributed by atoms with Crippen LogP contribution in [0.3, 0.4) is 0 Å². The third-order valence-electron chi connectivity index (χ3n) is 5.41. The van der Waals surface area contributed by atoms with E-state index < -0.39 is 25.3 Å². The predicted molar refractivity (Wildman–Crippen MR) is 104 cm³/mol. The normalized spacial score (nSPS) is 22.3. The highest BCUT2D eigenvalue weighted by molar-refractivity contribution is 7.89. The van der Waals surface area contributed by atoms with Crippen molar-refractivity contribution in [3.05, 3.63) is 0 Å². The highest BCUT2D eigenvalue weighted by Crippen LogP contribution is 2.18. The predicted octanol–water partition coefficient (Wildman–Crippen LogP) is -0.741. The second kappa shape index (κ2) is 9.17. The molecule has 0 saturated carbocycles. The maximum Gasteiger partial charge on any atom is 0.220 e. The van der Waals surface area contributed by atoms with Crippen LogP contribution in [-0.4, -0.2) is 93.1 Å². The molecular formula is C16H32N4O5S2. The molecule has 27 heavy (non-hydrogen) atoms. The smallest absolute Gasteiger partial charge is 0.220 e. The zero-order valence-corrected chi connectivity index (χ0v) is 17.8. The standard InChI is InChI=1S/C16H32N4O5S2/c1-14(2)27(24,25)20-11-9-19(10-12-20)26(22,23)13-3-6-18-7-4-15(5-8-18)16(17)21/h14-15H,3-13H2,1-2H3,(H2,17,21). The number of primary amides is 1. The molecule has 0 spiro atoms. The first kappa shape index (κ1) is 22.5. The lowest BCUT2D eigenvalue weighted by Gasteiger charge is -2.34. The zero-order valence-electron chi connectivity index (χ0n) is 16.2. The molecule has 2 fully saturated rings. The summed E-state index contributed by atoms with van der Waals surface area (Å²) in [6.45, 7) is 6.29. The maximum atomic E-state index is 12.5. The van der Waals surface area contributed by atoms with E-state index in [0.29, 0.717) is 13.0 Å². The zero-order chi connectivity index (χ0) is 20.2. The highest BCUT2D eigenvalue weighted by atomic mass is 32.2. The summed E-state index contributed by atoms with van der Waals surface area (Å²) in [5.74, 6) is -0.265. The molecule has 2 heterocycles. The first-order chi connectivity index (χ1) is 12.5. The molecule has 0 aromatic carbocycles. The summed E-state index contributed by atoms with van der Waals surface area (Å²) in [4.78, 5) is 13.4. The fourth-order valence-corrected chi connectivity index (χ4v) is 6.28. The Balaban J connectivity index is 1.75. The van der Waals surface area contributed by atoms with Crippen molar-refractivity contribution in [3.8, 4) is 0 Å². The maximum absolute atomic E-state index is 12.5. The van der Waals surface area contributed by atoms with Crippen LogP contribution in [0.4, 0.5) is 0 Å². The van der Waals surface area contributed by atoms with Gasteiger partial charge in [-0.1, -0.05) is 0 Å². The summed E-state index contributed by atoms with van der Waals surface area (Å²) in [7, 11) is -6.73. The summed E-state index contributed by atoms with van der Waals surface area (Å²) in [6, 6.07) is 0. The van der Waals surface area contributed by atoms with Crippen LogP contribution in [0.15, 0.2) is 0 Å². The Morgan fingerprint density at radius 3 is 1.96 bits per heavy atom. The third kappa shape index (κ3) is 5.86. The van der Waals surface area contributed by atoms with E-state index in [9.17, 15) is 21.6 Å². The molecule has 1 amide bonds. The van der Waals surface area contributed by atoms with Gasteiger partial charge in [0, 0.05) is 32.1 Å². The van der Waals surface area contributed by atoms with Crippen molar-refractivity contribution in [3.63, 3.8) is 0 Å². The van der Waals surface area contributed by atoms with Gasteiger partial charge >= 0.3 is 0 Å². The third-order valence-corrected chi connectivity index (χ3v) is 9.65. The van der Waals surface area contributed by atoms with Crippen molar-refractivity contribution < 1.29 is 21.6 Å². The quantitative estimate of drug-likeness (QED) is 0.548. The number of sulfonamides is 2.